The van der Waals surface area contributed by atoms with E-state index in [9.17, 15) is 13.2 Å². The molecule has 0 heterocycles. The highest BCUT2D eigenvalue weighted by Gasteiger charge is 2.25. The van der Waals surface area contributed by atoms with Crippen LogP contribution in [0.1, 0.15) is 37.3 Å². The number of nitrogens with zero attached hydrogens (tertiary/aromatic N) is 1. The van der Waals surface area contributed by atoms with Crippen molar-refractivity contribution in [2.24, 2.45) is 0 Å². The van der Waals surface area contributed by atoms with Gasteiger partial charge in [0.1, 0.15) is 6.04 Å². The number of carboxylic acid groups (broad SMARTS) is 1. The first-order valence-electron chi connectivity index (χ1n) is 6.57. The van der Waals surface area contributed by atoms with E-state index in [1.165, 1.54) is 18.2 Å². The lowest BCUT2D eigenvalue weighted by molar-refractivity contribution is -0.139. The second-order valence-electron chi connectivity index (χ2n) is 4.74. The largest absolute Gasteiger partial charge is 0.480 e. The summed E-state index contributed by atoms with van der Waals surface area (Å²) in [5, 5.41) is 17.9. The Morgan fingerprint density at radius 3 is 2.62 bits per heavy atom. The molecule has 1 aromatic carbocycles. The van der Waals surface area contributed by atoms with Crippen molar-refractivity contribution < 1.29 is 18.3 Å². The van der Waals surface area contributed by atoms with Gasteiger partial charge in [0.15, 0.2) is 0 Å². The van der Waals surface area contributed by atoms with Gasteiger partial charge in [0, 0.05) is 0 Å². The van der Waals surface area contributed by atoms with Gasteiger partial charge >= 0.3 is 5.97 Å². The van der Waals surface area contributed by atoms with E-state index < -0.39 is 22.0 Å². The number of hydrogen-bond donors (Lipinski definition) is 2. The maximum absolute atomic E-state index is 12.2. The molecule has 0 aromatic heterocycles. The van der Waals surface area contributed by atoms with Gasteiger partial charge in [-0.05, 0) is 37.1 Å². The molecular weight excluding hydrogens is 292 g/mol. The van der Waals surface area contributed by atoms with Gasteiger partial charge in [0.25, 0.3) is 0 Å². The number of nitriles is 1. The van der Waals surface area contributed by atoms with Crippen LogP contribution in [-0.2, 0) is 14.8 Å². The molecule has 0 unspecified atom stereocenters. The Labute approximate surface area is 124 Å². The van der Waals surface area contributed by atoms with Gasteiger partial charge in [-0.2, -0.15) is 9.98 Å². The molecule has 0 aliphatic carbocycles. The summed E-state index contributed by atoms with van der Waals surface area (Å²) < 4.78 is 26.6. The summed E-state index contributed by atoms with van der Waals surface area (Å²) in [4.78, 5) is 11.1. The molecule has 1 rings (SSSR count). The number of sulfonamides is 1. The smallest absolute Gasteiger partial charge is 0.321 e. The molecule has 1 aromatic rings. The fourth-order valence-electron chi connectivity index (χ4n) is 1.83. The van der Waals surface area contributed by atoms with Crippen LogP contribution in [0.15, 0.2) is 23.1 Å². The van der Waals surface area contributed by atoms with Crippen LogP contribution in [0.4, 0.5) is 0 Å². The number of benzene rings is 1. The van der Waals surface area contributed by atoms with E-state index in [2.05, 4.69) is 4.72 Å². The molecule has 1 atom stereocenters. The van der Waals surface area contributed by atoms with Gasteiger partial charge in [0.2, 0.25) is 10.0 Å². The van der Waals surface area contributed by atoms with Crippen molar-refractivity contribution in [3.63, 3.8) is 0 Å². The number of unbranched alkanes of at least 4 members (excludes halogenated alkanes) is 1. The Bertz CT molecular complexity index is 662. The van der Waals surface area contributed by atoms with Gasteiger partial charge in [0.05, 0.1) is 16.5 Å². The van der Waals surface area contributed by atoms with Gasteiger partial charge in [-0.15, -0.1) is 0 Å². The molecule has 7 heteroatoms. The fourth-order valence-corrected chi connectivity index (χ4v) is 3.13. The van der Waals surface area contributed by atoms with Crippen molar-refractivity contribution >= 4 is 16.0 Å². The standard InChI is InChI=1S/C14H18N2O4S/c1-3-4-5-13(14(17)18)16-21(19,20)12-7-6-11(9-15)10(2)8-12/h6-8,13,16H,3-5H2,1-2H3,(H,17,18)/t13-/m0/s1. The van der Waals surface area contributed by atoms with E-state index in [1.807, 2.05) is 13.0 Å². The average molecular weight is 310 g/mol. The molecule has 0 spiro atoms. The highest BCUT2D eigenvalue weighted by molar-refractivity contribution is 7.89. The quantitative estimate of drug-likeness (QED) is 0.798. The molecule has 0 amide bonds. The Balaban J connectivity index is 3.02. The third kappa shape index (κ3) is 4.55. The predicted octanol–water partition coefficient (Wildman–Crippen LogP) is 1.79. The lowest BCUT2D eigenvalue weighted by atomic mass is 10.1. The topological polar surface area (TPSA) is 107 Å². The molecule has 114 valence electrons. The lowest BCUT2D eigenvalue weighted by Gasteiger charge is -2.14. The number of aliphatic carboxylic acids is 1. The highest BCUT2D eigenvalue weighted by Crippen LogP contribution is 2.16. The van der Waals surface area contributed by atoms with Crippen LogP contribution in [0.25, 0.3) is 0 Å². The monoisotopic (exact) mass is 310 g/mol. The molecule has 6 nitrogen and oxygen atoms in total. The summed E-state index contributed by atoms with van der Waals surface area (Å²) in [6.07, 6.45) is 1.63. The minimum absolute atomic E-state index is 0.0400. The van der Waals surface area contributed by atoms with E-state index in [-0.39, 0.29) is 11.3 Å². The zero-order valence-electron chi connectivity index (χ0n) is 12.0. The van der Waals surface area contributed by atoms with E-state index in [1.54, 1.807) is 6.92 Å². The summed E-state index contributed by atoms with van der Waals surface area (Å²) in [6.45, 7) is 3.53. The number of rotatable bonds is 7. The minimum Gasteiger partial charge on any atom is -0.480 e. The maximum Gasteiger partial charge on any atom is 0.321 e. The maximum atomic E-state index is 12.2. The molecule has 0 fully saturated rings. The first kappa shape index (κ1) is 17.1. The van der Waals surface area contributed by atoms with Crippen molar-refractivity contribution in [1.82, 2.24) is 4.72 Å². The Hall–Kier alpha value is -1.91. The lowest BCUT2D eigenvalue weighted by Crippen LogP contribution is -2.40. The predicted molar refractivity (Wildman–Crippen MR) is 77.2 cm³/mol. The van der Waals surface area contributed by atoms with Crippen molar-refractivity contribution in [2.75, 3.05) is 0 Å². The summed E-state index contributed by atoms with van der Waals surface area (Å²) in [7, 11) is -3.92. The van der Waals surface area contributed by atoms with Crippen molar-refractivity contribution in [3.05, 3.63) is 29.3 Å². The number of carbonyl (C=O) groups is 1. The van der Waals surface area contributed by atoms with Crippen LogP contribution in [0, 0.1) is 18.3 Å². The third-order valence-corrected chi connectivity index (χ3v) is 4.54. The van der Waals surface area contributed by atoms with Crippen LogP contribution in [0.3, 0.4) is 0 Å². The molecule has 0 saturated carbocycles. The molecule has 0 aliphatic rings. The van der Waals surface area contributed by atoms with Crippen LogP contribution < -0.4 is 4.72 Å². The molecule has 0 radical (unpaired) electrons. The normalized spacial score (nSPS) is 12.6. The van der Waals surface area contributed by atoms with Crippen LogP contribution in [0.2, 0.25) is 0 Å². The van der Waals surface area contributed by atoms with Crippen molar-refractivity contribution in [3.8, 4) is 6.07 Å². The van der Waals surface area contributed by atoms with Gasteiger partial charge in [-0.25, -0.2) is 8.42 Å². The summed E-state index contributed by atoms with van der Waals surface area (Å²) in [5.74, 6) is -1.20. The number of aryl methyl sites for hydroxylation is 1. The highest BCUT2D eigenvalue weighted by atomic mass is 32.2. The molecule has 0 saturated heterocycles. The molecule has 0 aliphatic heterocycles. The number of carboxylic acids is 1. The third-order valence-electron chi connectivity index (χ3n) is 3.07. The SMILES string of the molecule is CCCC[C@H](NS(=O)(=O)c1ccc(C#N)c(C)c1)C(=O)O. The molecular formula is C14H18N2O4S. The summed E-state index contributed by atoms with van der Waals surface area (Å²) in [5.41, 5.74) is 0.913. The van der Waals surface area contributed by atoms with Gasteiger partial charge < -0.3 is 5.11 Å². The molecule has 0 bridgehead atoms. The van der Waals surface area contributed by atoms with Gasteiger partial charge in [-0.1, -0.05) is 19.8 Å². The Kier molecular flexibility index (Phi) is 5.88. The zero-order chi connectivity index (χ0) is 16.0. The van der Waals surface area contributed by atoms with Crippen LogP contribution in [0.5, 0.6) is 0 Å². The van der Waals surface area contributed by atoms with Crippen LogP contribution >= 0.6 is 0 Å². The molecule has 21 heavy (non-hydrogen) atoms. The Morgan fingerprint density at radius 2 is 2.14 bits per heavy atom. The summed E-state index contributed by atoms with van der Waals surface area (Å²) >= 11 is 0. The first-order chi connectivity index (χ1) is 9.81. The zero-order valence-corrected chi connectivity index (χ0v) is 12.8. The van der Waals surface area contributed by atoms with E-state index in [0.717, 1.165) is 6.42 Å². The summed E-state index contributed by atoms with van der Waals surface area (Å²) in [6, 6.07) is 4.87. The average Bonchev–Trinajstić information content (AvgIpc) is 2.43. The van der Waals surface area contributed by atoms with Crippen LogP contribution in [-0.4, -0.2) is 25.5 Å². The molecule has 2 N–H and O–H groups in total. The van der Waals surface area contributed by atoms with E-state index in [4.69, 9.17) is 10.4 Å². The second kappa shape index (κ2) is 7.20. The minimum atomic E-state index is -3.92. The second-order valence-corrected chi connectivity index (χ2v) is 6.46. The van der Waals surface area contributed by atoms with E-state index in [0.29, 0.717) is 17.5 Å². The number of hydrogen-bond acceptors (Lipinski definition) is 4. The van der Waals surface area contributed by atoms with Crippen molar-refractivity contribution in [1.29, 1.82) is 5.26 Å². The van der Waals surface area contributed by atoms with Crippen molar-refractivity contribution in [2.45, 2.75) is 44.0 Å². The van der Waals surface area contributed by atoms with E-state index >= 15 is 0 Å². The first-order valence-corrected chi connectivity index (χ1v) is 8.06. The van der Waals surface area contributed by atoms with Gasteiger partial charge in [-0.3, -0.25) is 4.79 Å². The number of nitrogens with one attached hydrogen (secondary N) is 1. The fraction of sp³-hybridized carbons (Fsp3) is 0.429. The Morgan fingerprint density at radius 1 is 1.48 bits per heavy atom.